The lowest BCUT2D eigenvalue weighted by molar-refractivity contribution is -0.133. The third-order valence-corrected chi connectivity index (χ3v) is 7.28. The monoisotopic (exact) mass is 551 g/mol. The number of primary amides is 1. The lowest BCUT2D eigenvalue weighted by atomic mass is 9.88. The van der Waals surface area contributed by atoms with Crippen LogP contribution in [0.4, 0.5) is 5.82 Å². The first-order valence-corrected chi connectivity index (χ1v) is 13.5. The zero-order valence-electron chi connectivity index (χ0n) is 22.1. The number of halogens is 1. The molecule has 1 saturated carbocycles. The van der Waals surface area contributed by atoms with Crippen LogP contribution in [0.1, 0.15) is 52.5 Å². The Hall–Kier alpha value is -2.76. The first-order chi connectivity index (χ1) is 17.6. The van der Waals surface area contributed by atoms with E-state index in [1.165, 1.54) is 41.7 Å². The van der Waals surface area contributed by atoms with Crippen molar-refractivity contribution in [2.24, 2.45) is 11.7 Å². The minimum atomic E-state index is -0.415. The summed E-state index contributed by atoms with van der Waals surface area (Å²) in [6.07, 6.45) is 8.46. The lowest BCUT2D eigenvalue weighted by Gasteiger charge is -2.23. The van der Waals surface area contributed by atoms with Crippen molar-refractivity contribution < 1.29 is 14.4 Å². The van der Waals surface area contributed by atoms with E-state index in [1.54, 1.807) is 24.1 Å². The third kappa shape index (κ3) is 10.6. The van der Waals surface area contributed by atoms with E-state index < -0.39 is 5.91 Å². The van der Waals surface area contributed by atoms with Crippen molar-refractivity contribution in [2.45, 2.75) is 45.1 Å². The van der Waals surface area contributed by atoms with Crippen LogP contribution < -0.4 is 16.4 Å². The van der Waals surface area contributed by atoms with Gasteiger partial charge in [0.05, 0.1) is 17.3 Å². The Kier molecular flexibility index (Phi) is 12.7. The molecule has 1 aliphatic heterocycles. The molecule has 204 valence electrons. The van der Waals surface area contributed by atoms with Gasteiger partial charge in [0.2, 0.25) is 11.8 Å². The molecule has 37 heavy (non-hydrogen) atoms. The van der Waals surface area contributed by atoms with E-state index in [1.807, 2.05) is 14.1 Å². The highest BCUT2D eigenvalue weighted by atomic mass is 35.5. The van der Waals surface area contributed by atoms with E-state index in [0.29, 0.717) is 27.7 Å². The number of hydrogen-bond acceptors (Lipinski definition) is 8. The maximum absolute atomic E-state index is 11.4. The van der Waals surface area contributed by atoms with Gasteiger partial charge in [-0.1, -0.05) is 30.9 Å². The van der Waals surface area contributed by atoms with Crippen molar-refractivity contribution in [2.75, 3.05) is 46.6 Å². The van der Waals surface area contributed by atoms with Crippen molar-refractivity contribution >= 4 is 46.5 Å². The average Bonchev–Trinajstić information content (AvgIpc) is 3.32. The van der Waals surface area contributed by atoms with Crippen molar-refractivity contribution in [3.05, 3.63) is 38.9 Å². The van der Waals surface area contributed by atoms with Crippen LogP contribution in [0, 0.1) is 5.92 Å². The summed E-state index contributed by atoms with van der Waals surface area (Å²) < 4.78 is 0. The number of nitrogens with two attached hydrogens (primary N) is 1. The quantitative estimate of drug-likeness (QED) is 0.520. The second kappa shape index (κ2) is 15.5. The molecule has 2 aliphatic rings. The summed E-state index contributed by atoms with van der Waals surface area (Å²) in [5.41, 5.74) is 6.21. The largest absolute Gasteiger partial charge is 0.364 e. The van der Waals surface area contributed by atoms with Crippen molar-refractivity contribution in [3.63, 3.8) is 0 Å². The average molecular weight is 552 g/mol. The summed E-state index contributed by atoms with van der Waals surface area (Å²) in [4.78, 5) is 46.4. The van der Waals surface area contributed by atoms with Gasteiger partial charge in [0.25, 0.3) is 5.91 Å². The van der Waals surface area contributed by atoms with Crippen molar-refractivity contribution in [1.82, 2.24) is 25.1 Å². The predicted molar refractivity (Wildman–Crippen MR) is 148 cm³/mol. The molecule has 4 rings (SSSR count). The molecule has 10 nitrogen and oxygen atoms in total. The van der Waals surface area contributed by atoms with Gasteiger partial charge in [-0.05, 0) is 32.0 Å². The Morgan fingerprint density at radius 1 is 1.22 bits per heavy atom. The maximum Gasteiger partial charge on any atom is 0.277 e. The number of pyridine rings is 1. The molecule has 3 amide bonds. The zero-order chi connectivity index (χ0) is 27.4. The number of amides is 3. The molecule has 4 N–H and O–H groups in total. The number of nitrogens with zero attached hydrogens (tertiary/aromatic N) is 4. The molecule has 3 heterocycles. The van der Waals surface area contributed by atoms with E-state index in [4.69, 9.17) is 17.3 Å². The SMILES string of the molecule is CN(C)C(=O)C1CCCCC1.CN1CCc2nc(C(N)=O)sc2C1.CNC(=O)CNc1ccc(Cl)cn1. The number of nitrogens with one attached hydrogen (secondary N) is 2. The summed E-state index contributed by atoms with van der Waals surface area (Å²) >= 11 is 7.05. The summed E-state index contributed by atoms with van der Waals surface area (Å²) in [6, 6.07) is 3.42. The Balaban J connectivity index is 0.000000196. The minimum absolute atomic E-state index is 0.0863. The van der Waals surface area contributed by atoms with Crippen LogP contribution >= 0.6 is 22.9 Å². The van der Waals surface area contributed by atoms with E-state index in [0.717, 1.165) is 38.0 Å². The number of likely N-dealkylation sites (N-methyl/N-ethyl adjacent to an activating group) is 2. The zero-order valence-corrected chi connectivity index (χ0v) is 23.6. The van der Waals surface area contributed by atoms with Gasteiger partial charge in [-0.3, -0.25) is 14.4 Å². The topological polar surface area (TPSA) is 134 Å². The van der Waals surface area contributed by atoms with Gasteiger partial charge in [-0.2, -0.15) is 0 Å². The maximum atomic E-state index is 11.4. The van der Waals surface area contributed by atoms with Gasteiger partial charge in [-0.25, -0.2) is 9.97 Å². The molecule has 0 atom stereocenters. The molecule has 2 aromatic rings. The van der Waals surface area contributed by atoms with E-state index in [2.05, 4.69) is 32.5 Å². The summed E-state index contributed by atoms with van der Waals surface area (Å²) in [7, 11) is 7.33. The Morgan fingerprint density at radius 2 is 1.92 bits per heavy atom. The van der Waals surface area contributed by atoms with E-state index in [-0.39, 0.29) is 12.5 Å². The summed E-state index contributed by atoms with van der Waals surface area (Å²) in [6.45, 7) is 2.11. The molecule has 0 spiro atoms. The number of carbonyl (C=O) groups is 3. The van der Waals surface area contributed by atoms with Crippen LogP contribution in [-0.4, -0.2) is 78.8 Å². The molecule has 1 fully saturated rings. The van der Waals surface area contributed by atoms with Crippen molar-refractivity contribution in [1.29, 1.82) is 0 Å². The Morgan fingerprint density at radius 3 is 2.49 bits per heavy atom. The molecule has 0 unspecified atom stereocenters. The number of rotatable bonds is 5. The number of thiazole rings is 1. The Bertz CT molecular complexity index is 1020. The van der Waals surface area contributed by atoms with Gasteiger partial charge < -0.3 is 26.2 Å². The van der Waals surface area contributed by atoms with E-state index in [9.17, 15) is 14.4 Å². The summed E-state index contributed by atoms with van der Waals surface area (Å²) in [5, 5.41) is 6.35. The number of carbonyl (C=O) groups excluding carboxylic acids is 3. The molecular formula is C25H38ClN7O3S. The van der Waals surface area contributed by atoms with Crippen molar-refractivity contribution in [3.8, 4) is 0 Å². The van der Waals surface area contributed by atoms with E-state index >= 15 is 0 Å². The smallest absolute Gasteiger partial charge is 0.277 e. The second-order valence-electron chi connectivity index (χ2n) is 9.20. The molecule has 0 bridgehead atoms. The molecule has 12 heteroatoms. The number of anilines is 1. The van der Waals surface area contributed by atoms with Gasteiger partial charge in [-0.15, -0.1) is 11.3 Å². The molecule has 1 aliphatic carbocycles. The first kappa shape index (κ1) is 30.5. The van der Waals surface area contributed by atoms with Crippen LogP contribution in [0.25, 0.3) is 0 Å². The first-order valence-electron chi connectivity index (χ1n) is 12.3. The fourth-order valence-corrected chi connectivity index (χ4v) is 5.03. The fraction of sp³-hybridized carbons (Fsp3) is 0.560. The molecule has 0 aromatic carbocycles. The highest BCUT2D eigenvalue weighted by molar-refractivity contribution is 7.13. The van der Waals surface area contributed by atoms with Gasteiger partial charge in [0.15, 0.2) is 5.01 Å². The minimum Gasteiger partial charge on any atom is -0.364 e. The summed E-state index contributed by atoms with van der Waals surface area (Å²) in [5.74, 6) is 0.787. The normalized spacial score (nSPS) is 15.2. The van der Waals surface area contributed by atoms with Crippen LogP contribution in [0.15, 0.2) is 18.3 Å². The number of hydrogen-bond donors (Lipinski definition) is 3. The third-order valence-electron chi connectivity index (χ3n) is 5.96. The van der Waals surface area contributed by atoms with Crippen LogP contribution in [0.5, 0.6) is 0 Å². The molecule has 0 saturated heterocycles. The predicted octanol–water partition coefficient (Wildman–Crippen LogP) is 2.78. The lowest BCUT2D eigenvalue weighted by Crippen LogP contribution is -2.30. The highest BCUT2D eigenvalue weighted by Gasteiger charge is 2.22. The second-order valence-corrected chi connectivity index (χ2v) is 10.7. The fourth-order valence-electron chi connectivity index (χ4n) is 3.88. The molecule has 0 radical (unpaired) electrons. The number of fused-ring (bicyclic) bond motifs is 1. The van der Waals surface area contributed by atoms with Gasteiger partial charge in [0, 0.05) is 57.6 Å². The van der Waals surface area contributed by atoms with Gasteiger partial charge in [0.1, 0.15) is 5.82 Å². The van der Waals surface area contributed by atoms with Crippen LogP contribution in [0.3, 0.4) is 0 Å². The molecular weight excluding hydrogens is 514 g/mol. The highest BCUT2D eigenvalue weighted by Crippen LogP contribution is 2.25. The van der Waals surface area contributed by atoms with Crippen LogP contribution in [0.2, 0.25) is 5.02 Å². The van der Waals surface area contributed by atoms with Gasteiger partial charge >= 0.3 is 0 Å². The number of aromatic nitrogens is 2. The molecule has 2 aromatic heterocycles. The standard InChI is InChI=1S/C9H17NO.C8H10ClN3O.C8H11N3OS/c1-10(2)9(11)8-6-4-3-5-7-8;1-10-8(13)5-12-7-3-2-6(9)4-11-7;1-11-3-2-5-6(4-11)13-8(10-5)7(9)12/h8H,3-7H2,1-2H3;2-4H,5H2,1H3,(H,10,13)(H,11,12);2-4H2,1H3,(H2,9,12). The Labute approximate surface area is 228 Å². The van der Waals surface area contributed by atoms with Crippen LogP contribution in [-0.2, 0) is 22.6 Å².